The normalized spacial score (nSPS) is 39.8. The van der Waals surface area contributed by atoms with Crippen LogP contribution in [0.1, 0.15) is 25.7 Å². The highest BCUT2D eigenvalue weighted by molar-refractivity contribution is 7.23. The first-order chi connectivity index (χ1) is 3.80. The van der Waals surface area contributed by atoms with Gasteiger partial charge in [0.1, 0.15) is 0 Å². The van der Waals surface area contributed by atoms with Crippen LogP contribution in [-0.2, 0) is 0 Å². The second-order valence-corrected chi connectivity index (χ2v) is 4.32. The lowest BCUT2D eigenvalue weighted by Crippen LogP contribution is -2.17. The molecule has 0 aromatic heterocycles. The van der Waals surface area contributed by atoms with Gasteiger partial charge in [-0.05, 0) is 24.2 Å². The first kappa shape index (κ1) is 6.97. The lowest BCUT2D eigenvalue weighted by molar-refractivity contribution is 0.527. The molecule has 0 radical (unpaired) electrons. The van der Waals surface area contributed by atoms with Crippen molar-refractivity contribution in [3.63, 3.8) is 0 Å². The summed E-state index contributed by atoms with van der Waals surface area (Å²) < 4.78 is 0. The minimum Gasteiger partial charge on any atom is -0.134 e. The third-order valence-corrected chi connectivity index (χ3v) is 3.97. The average Bonchev–Trinajstić information content (AvgIpc) is 1.77. The molecule has 1 rings (SSSR count). The number of hydrogen-bond acceptors (Lipinski definition) is 0. The average molecular weight is 148 g/mol. The quantitative estimate of drug-likeness (QED) is 0.461. The van der Waals surface area contributed by atoms with Gasteiger partial charge in [-0.1, -0.05) is 12.8 Å². The van der Waals surface area contributed by atoms with Gasteiger partial charge in [0.15, 0.2) is 0 Å². The Morgan fingerprint density at radius 3 is 1.50 bits per heavy atom. The third-order valence-electron chi connectivity index (χ3n) is 1.87. The van der Waals surface area contributed by atoms with Crippen molar-refractivity contribution in [3.8, 4) is 0 Å². The number of rotatable bonds is 0. The van der Waals surface area contributed by atoms with Crippen LogP contribution < -0.4 is 0 Å². The fourth-order valence-electron chi connectivity index (χ4n) is 1.19. The summed E-state index contributed by atoms with van der Waals surface area (Å²) in [4.78, 5) is 0. The molecule has 1 fully saturated rings. The first-order valence-corrected chi connectivity index (χ1v) is 4.65. The topological polar surface area (TPSA) is 0 Å². The van der Waals surface area contributed by atoms with Gasteiger partial charge in [0.05, 0.1) is 0 Å². The summed E-state index contributed by atoms with van der Waals surface area (Å²) >= 11 is 0. The van der Waals surface area contributed by atoms with Crippen LogP contribution >= 0.6 is 18.5 Å². The molecule has 0 amide bonds. The zero-order valence-electron chi connectivity index (χ0n) is 5.14. The lowest BCUT2D eigenvalue weighted by Gasteiger charge is -2.24. The molecule has 0 nitrogen and oxygen atoms in total. The molecule has 8 heavy (non-hydrogen) atoms. The predicted octanol–water partition coefficient (Wildman–Crippen LogP) is 2.05. The molecule has 0 bridgehead atoms. The van der Waals surface area contributed by atoms with Crippen LogP contribution in [0, 0.1) is 0 Å². The minimum atomic E-state index is 0.883. The molecule has 0 aromatic rings. The van der Waals surface area contributed by atoms with E-state index >= 15 is 0 Å². The van der Waals surface area contributed by atoms with E-state index in [2.05, 4.69) is 18.5 Å². The second kappa shape index (κ2) is 3.14. The Labute approximate surface area is 56.2 Å². The van der Waals surface area contributed by atoms with Crippen LogP contribution in [0.4, 0.5) is 0 Å². The molecule has 1 aliphatic carbocycles. The number of hydrogen-bond donors (Lipinski definition) is 0. The van der Waals surface area contributed by atoms with E-state index in [0.29, 0.717) is 0 Å². The van der Waals surface area contributed by atoms with E-state index < -0.39 is 0 Å². The van der Waals surface area contributed by atoms with Gasteiger partial charge in [-0.2, -0.15) is 0 Å². The zero-order valence-corrected chi connectivity index (χ0v) is 7.45. The molecule has 2 unspecified atom stereocenters. The maximum atomic E-state index is 2.92. The Bertz CT molecular complexity index is 62.9. The highest BCUT2D eigenvalue weighted by atomic mass is 31.0. The van der Waals surface area contributed by atoms with Crippen LogP contribution in [-0.4, -0.2) is 11.3 Å². The Morgan fingerprint density at radius 2 is 1.25 bits per heavy atom. The Balaban J connectivity index is 2.28. The van der Waals surface area contributed by atoms with Crippen molar-refractivity contribution in [1.29, 1.82) is 0 Å². The largest absolute Gasteiger partial charge is 0.134 e. The van der Waals surface area contributed by atoms with Crippen LogP contribution in [0.25, 0.3) is 0 Å². The molecule has 2 heteroatoms. The fraction of sp³-hybridized carbons (Fsp3) is 1.00. The molecule has 1 saturated carbocycles. The van der Waals surface area contributed by atoms with Crippen molar-refractivity contribution in [2.75, 3.05) is 0 Å². The molecule has 4 atom stereocenters. The molecular formula is C6H14P2. The standard InChI is InChI=1S/C6H14P2/c7-5-3-1-2-4-6(5)8/h5-6H,1-4,7-8H2/t5-,6-/m0/s1. The molecule has 0 heterocycles. The van der Waals surface area contributed by atoms with E-state index in [1.807, 2.05) is 0 Å². The van der Waals surface area contributed by atoms with Crippen LogP contribution in [0.15, 0.2) is 0 Å². The molecule has 48 valence electrons. The van der Waals surface area contributed by atoms with E-state index in [-0.39, 0.29) is 0 Å². The van der Waals surface area contributed by atoms with Crippen LogP contribution in [0.5, 0.6) is 0 Å². The van der Waals surface area contributed by atoms with E-state index in [1.165, 1.54) is 25.7 Å². The summed E-state index contributed by atoms with van der Waals surface area (Å²) in [7, 11) is 5.85. The fourth-order valence-corrected chi connectivity index (χ4v) is 2.04. The van der Waals surface area contributed by atoms with Crippen LogP contribution in [0.3, 0.4) is 0 Å². The zero-order chi connectivity index (χ0) is 5.98. The van der Waals surface area contributed by atoms with Crippen molar-refractivity contribution >= 4 is 18.5 Å². The molecule has 0 aromatic carbocycles. The molecule has 0 spiro atoms. The lowest BCUT2D eigenvalue weighted by atomic mass is 10.00. The highest BCUT2D eigenvalue weighted by Gasteiger charge is 2.15. The molecule has 0 aliphatic heterocycles. The molecule has 0 N–H and O–H groups in total. The van der Waals surface area contributed by atoms with E-state index in [9.17, 15) is 0 Å². The van der Waals surface area contributed by atoms with Crippen molar-refractivity contribution in [1.82, 2.24) is 0 Å². The molecular weight excluding hydrogens is 134 g/mol. The Morgan fingerprint density at radius 1 is 0.875 bits per heavy atom. The SMILES string of the molecule is P[C@H]1CCCC[C@@H]1P. The third kappa shape index (κ3) is 1.67. The van der Waals surface area contributed by atoms with Crippen molar-refractivity contribution < 1.29 is 0 Å². The molecule has 1 aliphatic rings. The van der Waals surface area contributed by atoms with E-state index in [0.717, 1.165) is 11.3 Å². The minimum absolute atomic E-state index is 0.883. The molecule has 0 saturated heterocycles. The summed E-state index contributed by atoms with van der Waals surface area (Å²) in [6.45, 7) is 0. The van der Waals surface area contributed by atoms with E-state index in [4.69, 9.17) is 0 Å². The van der Waals surface area contributed by atoms with Gasteiger partial charge in [0, 0.05) is 0 Å². The summed E-state index contributed by atoms with van der Waals surface area (Å²) in [6.07, 6.45) is 5.72. The smallest absolute Gasteiger partial charge is 0.0201 e. The van der Waals surface area contributed by atoms with Gasteiger partial charge in [-0.25, -0.2) is 0 Å². The predicted molar refractivity (Wildman–Crippen MR) is 45.5 cm³/mol. The van der Waals surface area contributed by atoms with Gasteiger partial charge in [0.2, 0.25) is 0 Å². The van der Waals surface area contributed by atoms with Gasteiger partial charge in [0.25, 0.3) is 0 Å². The van der Waals surface area contributed by atoms with Crippen molar-refractivity contribution in [2.24, 2.45) is 0 Å². The summed E-state index contributed by atoms with van der Waals surface area (Å²) in [5, 5.41) is 0. The van der Waals surface area contributed by atoms with Gasteiger partial charge in [-0.3, -0.25) is 0 Å². The van der Waals surface area contributed by atoms with Gasteiger partial charge < -0.3 is 0 Å². The summed E-state index contributed by atoms with van der Waals surface area (Å²) in [5.41, 5.74) is 1.77. The second-order valence-electron chi connectivity index (χ2n) is 2.61. The summed E-state index contributed by atoms with van der Waals surface area (Å²) in [6, 6.07) is 0. The Kier molecular flexibility index (Phi) is 2.73. The van der Waals surface area contributed by atoms with Crippen molar-refractivity contribution in [3.05, 3.63) is 0 Å². The monoisotopic (exact) mass is 148 g/mol. The maximum Gasteiger partial charge on any atom is -0.0201 e. The highest BCUT2D eigenvalue weighted by Crippen LogP contribution is 2.29. The Hall–Kier alpha value is 0.860. The van der Waals surface area contributed by atoms with Crippen molar-refractivity contribution in [2.45, 2.75) is 37.0 Å². The van der Waals surface area contributed by atoms with E-state index in [1.54, 1.807) is 0 Å². The summed E-state index contributed by atoms with van der Waals surface area (Å²) in [5.74, 6) is 0. The van der Waals surface area contributed by atoms with Gasteiger partial charge in [-0.15, -0.1) is 18.5 Å². The first-order valence-electron chi connectivity index (χ1n) is 3.32. The van der Waals surface area contributed by atoms with Crippen LogP contribution in [0.2, 0.25) is 0 Å². The maximum absolute atomic E-state index is 2.92. The van der Waals surface area contributed by atoms with Gasteiger partial charge >= 0.3 is 0 Å².